The minimum Gasteiger partial charge on any atom is -0.759 e. The first-order chi connectivity index (χ1) is 30.3. The Morgan fingerprint density at radius 1 is 0.302 bits per heavy atom. The van der Waals surface area contributed by atoms with E-state index in [2.05, 4.69) is 69.5 Å². The average Bonchev–Trinajstić information content (AvgIpc) is 3.23. The van der Waals surface area contributed by atoms with E-state index in [0.717, 1.165) is 12.1 Å². The lowest BCUT2D eigenvalue weighted by molar-refractivity contribution is -0.934. The smallest absolute Gasteiger partial charge is 0.0885 e. The molecule has 0 amide bonds. The van der Waals surface area contributed by atoms with Crippen molar-refractivity contribution in [3.05, 3.63) is 0 Å². The first-order valence-corrected chi connectivity index (χ1v) is 30.0. The van der Waals surface area contributed by atoms with Gasteiger partial charge in [-0.2, -0.15) is 0 Å². The van der Waals surface area contributed by atoms with Gasteiger partial charge in [0.05, 0.1) is 52.4 Å². The molecule has 384 valence electrons. The third-order valence-electron chi connectivity index (χ3n) is 14.4. The van der Waals surface area contributed by atoms with Crippen molar-refractivity contribution in [1.29, 1.82) is 0 Å². The van der Waals surface area contributed by atoms with Crippen molar-refractivity contribution < 1.29 is 26.5 Å². The maximum Gasteiger partial charge on any atom is 0.0885 e. The predicted molar refractivity (Wildman–Crippen MR) is 280 cm³/mol. The van der Waals surface area contributed by atoms with Gasteiger partial charge in [0, 0.05) is 10.4 Å². The maximum atomic E-state index is 8.52. The van der Waals surface area contributed by atoms with Crippen molar-refractivity contribution >= 4 is 10.4 Å². The molecule has 0 aliphatic heterocycles. The van der Waals surface area contributed by atoms with Crippen molar-refractivity contribution in [1.82, 2.24) is 0 Å². The lowest BCUT2D eigenvalue weighted by Gasteiger charge is -2.41. The lowest BCUT2D eigenvalue weighted by Crippen LogP contribution is -2.53. The van der Waals surface area contributed by atoms with E-state index in [9.17, 15) is 0 Å². The van der Waals surface area contributed by atoms with Crippen LogP contribution in [0.3, 0.4) is 0 Å². The van der Waals surface area contributed by atoms with Crippen LogP contribution in [0.1, 0.15) is 312 Å². The van der Waals surface area contributed by atoms with E-state index in [1.807, 2.05) is 0 Å². The van der Waals surface area contributed by atoms with Crippen LogP contribution in [0.4, 0.5) is 0 Å². The number of hydrogen-bond donors (Lipinski definition) is 0. The van der Waals surface area contributed by atoms with E-state index >= 15 is 0 Å². The highest BCUT2D eigenvalue weighted by molar-refractivity contribution is 7.79. The summed E-state index contributed by atoms with van der Waals surface area (Å²) in [6.07, 6.45) is 57.9. The van der Waals surface area contributed by atoms with Crippen molar-refractivity contribution in [2.24, 2.45) is 0 Å². The highest BCUT2D eigenvalue weighted by atomic mass is 32.3. The number of unbranched alkanes of at least 4 members (excludes halogenated alkanes) is 30. The largest absolute Gasteiger partial charge is 0.759 e. The van der Waals surface area contributed by atoms with Crippen LogP contribution in [0.5, 0.6) is 0 Å². The normalized spacial score (nSPS) is 13.0. The van der Waals surface area contributed by atoms with Crippen molar-refractivity contribution in [2.45, 2.75) is 324 Å². The van der Waals surface area contributed by atoms with Gasteiger partial charge in [-0.05, 0) is 64.2 Å². The summed E-state index contributed by atoms with van der Waals surface area (Å²) in [5.74, 6) is 0. The quantitative estimate of drug-likeness (QED) is 0.0264. The Balaban J connectivity index is -0.00000103. The standard InChI is InChI=1S/2C28H60N.H2O4S/c2*1-6-10-11-12-13-14-15-16-17-18-19-20-21-22-23-24-25-28(9-4)29(5,26-7-2)27-8-3;1-5(2,3)4/h2*28H,6-27H2,1-5H3;(H2,1,2,3,4)/q2*+1;/p-2. The molecule has 63 heavy (non-hydrogen) atoms. The van der Waals surface area contributed by atoms with Crippen LogP contribution in [-0.4, -0.2) is 78.8 Å². The SMILES string of the molecule is CCCCCCCCCCCCCCCCCCC(CC)[N+](C)(CCC)CCC.CCCCCCCCCCCCCCCCCCC(CC)[N+](C)(CCC)CCC.O=S(=O)([O-])[O-]. The van der Waals surface area contributed by atoms with Gasteiger partial charge >= 0.3 is 0 Å². The maximum absolute atomic E-state index is 8.52. The molecule has 0 radical (unpaired) electrons. The molecule has 6 nitrogen and oxygen atoms in total. The molecule has 0 N–H and O–H groups in total. The first-order valence-electron chi connectivity index (χ1n) is 28.6. The first kappa shape index (κ1) is 67.1. The lowest BCUT2D eigenvalue weighted by atomic mass is 9.99. The molecule has 0 fully saturated rings. The Hall–Kier alpha value is -0.210. The van der Waals surface area contributed by atoms with Crippen LogP contribution in [0.25, 0.3) is 0 Å². The number of nitrogens with zero attached hydrogens (tertiary/aromatic N) is 2. The fraction of sp³-hybridized carbons (Fsp3) is 1.00. The van der Waals surface area contributed by atoms with Gasteiger partial charge in [-0.25, -0.2) is 0 Å². The molecule has 7 heteroatoms. The van der Waals surface area contributed by atoms with Crippen LogP contribution < -0.4 is 0 Å². The minimum absolute atomic E-state index is 0.890. The Labute approximate surface area is 399 Å². The van der Waals surface area contributed by atoms with Crippen molar-refractivity contribution in [2.75, 3.05) is 40.3 Å². The average molecular weight is 918 g/mol. The van der Waals surface area contributed by atoms with Gasteiger partial charge in [-0.1, -0.05) is 248 Å². The molecule has 0 aliphatic rings. The second-order valence-electron chi connectivity index (χ2n) is 20.6. The van der Waals surface area contributed by atoms with Gasteiger partial charge in [0.15, 0.2) is 0 Å². The molecule has 0 rings (SSSR count). The van der Waals surface area contributed by atoms with Gasteiger partial charge in [-0.15, -0.1) is 0 Å². The molecule has 0 spiro atoms. The Morgan fingerprint density at radius 3 is 0.603 bits per heavy atom. The Kier molecular flexibility index (Phi) is 52.9. The summed E-state index contributed by atoms with van der Waals surface area (Å²) < 4.78 is 36.7. The summed E-state index contributed by atoms with van der Waals surface area (Å²) in [6.45, 7) is 24.3. The number of hydrogen-bond acceptors (Lipinski definition) is 4. The summed E-state index contributed by atoms with van der Waals surface area (Å²) in [5.41, 5.74) is 0. The summed E-state index contributed by atoms with van der Waals surface area (Å²) in [4.78, 5) is 0. The van der Waals surface area contributed by atoms with Gasteiger partial charge in [0.2, 0.25) is 0 Å². The molecule has 0 heterocycles. The molecule has 2 unspecified atom stereocenters. The zero-order chi connectivity index (χ0) is 47.8. The van der Waals surface area contributed by atoms with Crippen LogP contribution in [-0.2, 0) is 10.4 Å². The van der Waals surface area contributed by atoms with E-state index in [0.29, 0.717) is 0 Å². The molecule has 0 aliphatic carbocycles. The summed E-state index contributed by atoms with van der Waals surface area (Å²) in [6, 6.07) is 1.78. The van der Waals surface area contributed by atoms with Crippen LogP contribution in [0, 0.1) is 0 Å². The Bertz CT molecular complexity index is 894. The van der Waals surface area contributed by atoms with E-state index < -0.39 is 10.4 Å². The molecular formula is C56H120N2O4S. The van der Waals surface area contributed by atoms with Gasteiger partial charge in [0.25, 0.3) is 0 Å². The second kappa shape index (κ2) is 49.7. The topological polar surface area (TPSA) is 80.3 Å². The predicted octanol–water partition coefficient (Wildman–Crippen LogP) is 18.0. The van der Waals surface area contributed by atoms with E-state index in [4.69, 9.17) is 17.5 Å². The van der Waals surface area contributed by atoms with Gasteiger partial charge < -0.3 is 18.1 Å². The molecule has 2 atom stereocenters. The zero-order valence-electron chi connectivity index (χ0n) is 45.2. The summed E-state index contributed by atoms with van der Waals surface area (Å²) >= 11 is 0. The van der Waals surface area contributed by atoms with Crippen LogP contribution >= 0.6 is 0 Å². The highest BCUT2D eigenvalue weighted by Gasteiger charge is 2.30. The molecule has 0 saturated heterocycles. The highest BCUT2D eigenvalue weighted by Crippen LogP contribution is 2.24. The monoisotopic (exact) mass is 917 g/mol. The second-order valence-corrected chi connectivity index (χ2v) is 21.4. The fourth-order valence-electron chi connectivity index (χ4n) is 10.8. The molecule has 0 bridgehead atoms. The minimum atomic E-state index is -5.17. The van der Waals surface area contributed by atoms with Crippen LogP contribution in [0.15, 0.2) is 0 Å². The molecule has 0 saturated carbocycles. The van der Waals surface area contributed by atoms with Crippen LogP contribution in [0.2, 0.25) is 0 Å². The molecule has 0 aromatic rings. The van der Waals surface area contributed by atoms with Gasteiger partial charge in [-0.3, -0.25) is 8.42 Å². The number of rotatable bonds is 46. The van der Waals surface area contributed by atoms with E-state index in [1.54, 1.807) is 0 Å². The summed E-state index contributed by atoms with van der Waals surface area (Å²) in [5, 5.41) is 0. The third-order valence-corrected chi connectivity index (χ3v) is 14.4. The fourth-order valence-corrected chi connectivity index (χ4v) is 10.8. The van der Waals surface area contributed by atoms with E-state index in [-0.39, 0.29) is 0 Å². The van der Waals surface area contributed by atoms with Crippen molar-refractivity contribution in [3.63, 3.8) is 0 Å². The van der Waals surface area contributed by atoms with Crippen molar-refractivity contribution in [3.8, 4) is 0 Å². The van der Waals surface area contributed by atoms with Gasteiger partial charge in [0.1, 0.15) is 0 Å². The Morgan fingerprint density at radius 2 is 0.460 bits per heavy atom. The zero-order valence-corrected chi connectivity index (χ0v) is 46.0. The number of quaternary nitrogens is 2. The molecular weight excluding hydrogens is 797 g/mol. The third kappa shape index (κ3) is 48.1. The summed E-state index contributed by atoms with van der Waals surface area (Å²) in [7, 11) is -0.124. The van der Waals surface area contributed by atoms with E-state index in [1.165, 1.54) is 292 Å². The molecule has 0 aromatic heterocycles. The molecule has 0 aromatic carbocycles.